The predicted octanol–water partition coefficient (Wildman–Crippen LogP) is 14.8. The molecule has 0 radical (unpaired) electrons. The first-order chi connectivity index (χ1) is 30.2. The van der Waals surface area contributed by atoms with Gasteiger partial charge in [-0.2, -0.15) is 0 Å². The molecule has 6 heteroatoms. The highest BCUT2D eigenvalue weighted by Crippen LogP contribution is 2.59. The van der Waals surface area contributed by atoms with Crippen molar-refractivity contribution in [2.24, 2.45) is 47.3 Å². The SMILES string of the molecule is C.C1CC2C3CCC(C3)C2C1.C1CC2C3CCC(C3)C2C1.CC.CC.CC.CC.c1ccc(OCC2CO2)cc1.c1ccc(OCC2CO2)cc1.c1ccc(OCC2CO2)cc1. The Kier molecular flexibility index (Phi) is 26.6. The third-order valence-corrected chi connectivity index (χ3v) is 13.4. The van der Waals surface area contributed by atoms with Gasteiger partial charge in [0.15, 0.2) is 0 Å². The molecule has 9 fully saturated rings. The van der Waals surface area contributed by atoms with E-state index in [4.69, 9.17) is 28.4 Å². The van der Waals surface area contributed by atoms with Crippen LogP contribution >= 0.6 is 0 Å². The lowest BCUT2D eigenvalue weighted by molar-refractivity contribution is 0.259. The molecular formula is C56H90O6. The van der Waals surface area contributed by atoms with E-state index >= 15 is 0 Å². The Balaban J connectivity index is 0.000000197. The molecule has 11 unspecified atom stereocenters. The number of hydrogen-bond donors (Lipinski definition) is 0. The molecule has 3 aromatic rings. The fraction of sp³-hybridized carbons (Fsp3) is 0.679. The fourth-order valence-corrected chi connectivity index (χ4v) is 10.6. The number of fused-ring (bicyclic) bond motifs is 10. The van der Waals surface area contributed by atoms with E-state index in [9.17, 15) is 0 Å². The van der Waals surface area contributed by atoms with E-state index in [-0.39, 0.29) is 7.43 Å². The van der Waals surface area contributed by atoms with Gasteiger partial charge in [-0.15, -0.1) is 0 Å². The lowest BCUT2D eigenvalue weighted by Crippen LogP contribution is -2.15. The fourth-order valence-electron chi connectivity index (χ4n) is 10.6. The molecule has 0 N–H and O–H groups in total. The average Bonchev–Trinajstić information content (AvgIpc) is 4.25. The second-order valence-corrected chi connectivity index (χ2v) is 16.9. The first-order valence-corrected chi connectivity index (χ1v) is 25.1. The van der Waals surface area contributed by atoms with Crippen molar-refractivity contribution in [1.82, 2.24) is 0 Å². The Hall–Kier alpha value is -3.06. The molecule has 0 spiro atoms. The Morgan fingerprint density at radius 1 is 0.371 bits per heavy atom. The minimum atomic E-state index is 0. The van der Waals surface area contributed by atoms with Gasteiger partial charge in [-0.05, 0) is 148 Å². The number of rotatable bonds is 9. The summed E-state index contributed by atoms with van der Waals surface area (Å²) in [4.78, 5) is 0. The lowest BCUT2D eigenvalue weighted by Gasteiger charge is -2.23. The van der Waals surface area contributed by atoms with Crippen LogP contribution < -0.4 is 14.2 Å². The molecule has 3 heterocycles. The molecule has 6 aliphatic carbocycles. The zero-order valence-corrected chi connectivity index (χ0v) is 39.7. The largest absolute Gasteiger partial charge is 0.491 e. The van der Waals surface area contributed by atoms with E-state index in [2.05, 4.69) is 0 Å². The normalized spacial score (nSPS) is 30.3. The van der Waals surface area contributed by atoms with Crippen molar-refractivity contribution >= 4 is 0 Å². The maximum atomic E-state index is 5.40. The van der Waals surface area contributed by atoms with Crippen LogP contribution in [0.3, 0.4) is 0 Å². The molecule has 12 rings (SSSR count). The summed E-state index contributed by atoms with van der Waals surface area (Å²) in [7, 11) is 0. The van der Waals surface area contributed by atoms with Crippen LogP contribution in [-0.4, -0.2) is 58.0 Å². The van der Waals surface area contributed by atoms with Gasteiger partial charge in [0.2, 0.25) is 0 Å². The molecule has 3 saturated heterocycles. The van der Waals surface area contributed by atoms with Crippen LogP contribution in [0.5, 0.6) is 17.2 Å². The summed E-state index contributed by atoms with van der Waals surface area (Å²) in [5.74, 6) is 12.4. The van der Waals surface area contributed by atoms with E-state index in [1.165, 1.54) is 47.3 Å². The van der Waals surface area contributed by atoms with E-state index in [1.54, 1.807) is 77.0 Å². The van der Waals surface area contributed by atoms with Gasteiger partial charge < -0.3 is 28.4 Å². The van der Waals surface area contributed by atoms with E-state index in [0.29, 0.717) is 38.1 Å². The van der Waals surface area contributed by atoms with Crippen molar-refractivity contribution in [1.29, 1.82) is 0 Å². The quantitative estimate of drug-likeness (QED) is 0.200. The van der Waals surface area contributed by atoms with Crippen molar-refractivity contribution in [2.75, 3.05) is 39.6 Å². The number of hydrogen-bond acceptors (Lipinski definition) is 6. The molecule has 0 amide bonds. The molecule has 0 aromatic heterocycles. The minimum absolute atomic E-state index is 0. The molecule has 62 heavy (non-hydrogen) atoms. The smallest absolute Gasteiger partial charge is 0.119 e. The number of para-hydroxylation sites is 3. The van der Waals surface area contributed by atoms with Gasteiger partial charge >= 0.3 is 0 Å². The van der Waals surface area contributed by atoms with Crippen molar-refractivity contribution in [2.45, 2.75) is 158 Å². The van der Waals surface area contributed by atoms with Gasteiger partial charge in [0, 0.05) is 0 Å². The summed E-state index contributed by atoms with van der Waals surface area (Å²) >= 11 is 0. The van der Waals surface area contributed by atoms with Gasteiger partial charge in [-0.3, -0.25) is 0 Å². The molecular weight excluding hydrogens is 769 g/mol. The molecule has 9 aliphatic rings. The molecule has 11 atom stereocenters. The first-order valence-electron chi connectivity index (χ1n) is 25.1. The molecule has 6 saturated carbocycles. The zero-order valence-electron chi connectivity index (χ0n) is 39.7. The van der Waals surface area contributed by atoms with Crippen LogP contribution in [0.15, 0.2) is 91.0 Å². The highest BCUT2D eigenvalue weighted by atomic mass is 16.6. The van der Waals surface area contributed by atoms with E-state index in [1.807, 2.05) is 146 Å². The second-order valence-electron chi connectivity index (χ2n) is 16.9. The van der Waals surface area contributed by atoms with Crippen molar-refractivity contribution in [3.05, 3.63) is 91.0 Å². The standard InChI is InChI=1S/2C10H16.3C9H10O2.4C2H6.CH4/c2*1-2-9-7-4-5-8(6-7)10(9)3-1;3*1-2-4-8(5-3-1)10-6-9-7-11-9;4*1-2;/h2*7-10H,1-6H2;3*1-5,9H,6-7H2;4*1-2H3;1H4. The van der Waals surface area contributed by atoms with Gasteiger partial charge in [-0.1, -0.05) is 130 Å². The summed E-state index contributed by atoms with van der Waals surface area (Å²) in [6.45, 7) is 20.6. The Bertz CT molecular complexity index is 1290. The van der Waals surface area contributed by atoms with Gasteiger partial charge in [0.05, 0.1) is 19.8 Å². The van der Waals surface area contributed by atoms with E-state index < -0.39 is 0 Å². The van der Waals surface area contributed by atoms with Gasteiger partial charge in [0.1, 0.15) is 55.4 Å². The van der Waals surface area contributed by atoms with Crippen LogP contribution in [0, 0.1) is 47.3 Å². The Morgan fingerprint density at radius 2 is 0.597 bits per heavy atom. The highest BCUT2D eigenvalue weighted by Gasteiger charge is 2.49. The lowest BCUT2D eigenvalue weighted by atomic mass is 9.82. The van der Waals surface area contributed by atoms with Crippen LogP contribution in [0.2, 0.25) is 0 Å². The van der Waals surface area contributed by atoms with Crippen molar-refractivity contribution < 1.29 is 28.4 Å². The maximum Gasteiger partial charge on any atom is 0.119 e. The van der Waals surface area contributed by atoms with Gasteiger partial charge in [0.25, 0.3) is 0 Å². The second kappa shape index (κ2) is 30.9. The first kappa shape index (κ1) is 53.3. The predicted molar refractivity (Wildman–Crippen MR) is 260 cm³/mol. The molecule has 3 aliphatic heterocycles. The summed E-state index contributed by atoms with van der Waals surface area (Å²) in [5, 5.41) is 0. The van der Waals surface area contributed by atoms with Crippen LogP contribution in [0.25, 0.3) is 0 Å². The number of epoxide rings is 3. The number of ether oxygens (including phenoxy) is 6. The van der Waals surface area contributed by atoms with Gasteiger partial charge in [-0.25, -0.2) is 0 Å². The molecule has 3 aromatic carbocycles. The maximum absolute atomic E-state index is 5.40. The molecule has 350 valence electrons. The summed E-state index contributed by atoms with van der Waals surface area (Å²) in [6, 6.07) is 29.4. The summed E-state index contributed by atoms with van der Waals surface area (Å²) < 4.78 is 31.2. The third kappa shape index (κ3) is 18.2. The monoisotopic (exact) mass is 859 g/mol. The molecule has 4 bridgehead atoms. The van der Waals surface area contributed by atoms with Crippen LogP contribution in [-0.2, 0) is 14.2 Å². The van der Waals surface area contributed by atoms with Crippen molar-refractivity contribution in [3.8, 4) is 17.2 Å². The van der Waals surface area contributed by atoms with Crippen LogP contribution in [0.1, 0.15) is 140 Å². The summed E-state index contributed by atoms with van der Waals surface area (Å²) in [6.07, 6.45) is 20.1. The highest BCUT2D eigenvalue weighted by molar-refractivity contribution is 5.22. The minimum Gasteiger partial charge on any atom is -0.491 e. The topological polar surface area (TPSA) is 65.3 Å². The number of benzene rings is 3. The third-order valence-electron chi connectivity index (χ3n) is 13.4. The van der Waals surface area contributed by atoms with Crippen molar-refractivity contribution in [3.63, 3.8) is 0 Å². The Morgan fingerprint density at radius 3 is 0.806 bits per heavy atom. The molecule has 6 nitrogen and oxygen atoms in total. The van der Waals surface area contributed by atoms with Crippen LogP contribution in [0.4, 0.5) is 0 Å². The zero-order chi connectivity index (χ0) is 43.7. The van der Waals surface area contributed by atoms with E-state index in [0.717, 1.165) is 37.1 Å². The Labute approximate surface area is 380 Å². The summed E-state index contributed by atoms with van der Waals surface area (Å²) in [5.41, 5.74) is 0. The average molecular weight is 859 g/mol.